The Balaban J connectivity index is 0.000000140. The van der Waals surface area contributed by atoms with E-state index >= 15 is 0 Å². The van der Waals surface area contributed by atoms with Crippen LogP contribution >= 0.6 is 0 Å². The summed E-state index contributed by atoms with van der Waals surface area (Å²) in [7, 11) is 0. The van der Waals surface area contributed by atoms with Gasteiger partial charge in [0.05, 0.1) is 44.1 Å². The first-order valence-electron chi connectivity index (χ1n) is 42.5. The zero-order valence-corrected chi connectivity index (χ0v) is 68.6. The summed E-state index contributed by atoms with van der Waals surface area (Å²) in [6, 6.07) is 143. The molecule has 0 unspecified atom stereocenters. The minimum atomic E-state index is -0.175. The summed E-state index contributed by atoms with van der Waals surface area (Å²) in [6.07, 6.45) is 0. The molecule has 584 valence electrons. The van der Waals surface area contributed by atoms with Gasteiger partial charge in [0, 0.05) is 87.5 Å². The standard InChI is InChI=1S/C60H41N5.C54H37N5/c1-60(2)51-25-12-9-22-45(51)46-31-29-43(36-52(46)60)58-61-57(62-59(63-58)65-54-27-14-11-24-48(54)50-35-40(30-33-55(50)65)38-16-5-3-6-17-38)42-19-15-18-39(34-42)41-28-32-49-47-23-10-13-26-53(47)64(56(49)37-41)44-20-7-4-8-21-44;1-54(2)45-22-12-9-19-39(45)40-28-25-37(33-46(40)54)52-55-51(36-27-30-49-44(32-36)41-20-10-13-23-47(41)58(49)38-17-7-4-8-18-38)56-53(57-52)59-48-24-14-11-21-42(48)43-31-35(26-29-50(43)59)34-15-5-3-6-16-34/h3-37H,1-2H3;3-33H,1-2H3. The van der Waals surface area contributed by atoms with Crippen LogP contribution in [-0.2, 0) is 10.8 Å². The summed E-state index contributed by atoms with van der Waals surface area (Å²) in [5.41, 5.74) is 31.7. The highest BCUT2D eigenvalue weighted by Gasteiger charge is 2.38. The second-order valence-electron chi connectivity index (χ2n) is 33.7. The van der Waals surface area contributed by atoms with Gasteiger partial charge in [0.2, 0.25) is 11.9 Å². The summed E-state index contributed by atoms with van der Waals surface area (Å²) < 4.78 is 9.13. The van der Waals surface area contributed by atoms with E-state index in [-0.39, 0.29) is 10.8 Å². The van der Waals surface area contributed by atoms with Crippen LogP contribution in [0.2, 0.25) is 0 Å². The fourth-order valence-corrected chi connectivity index (χ4v) is 19.9. The second-order valence-corrected chi connectivity index (χ2v) is 33.7. The third-order valence-corrected chi connectivity index (χ3v) is 26.0. The Kier molecular flexibility index (Phi) is 16.4. The molecule has 0 spiro atoms. The maximum absolute atomic E-state index is 5.39. The minimum Gasteiger partial charge on any atom is -0.309 e. The van der Waals surface area contributed by atoms with Crippen molar-refractivity contribution in [2.75, 3.05) is 0 Å². The number of para-hydroxylation sites is 6. The van der Waals surface area contributed by atoms with Gasteiger partial charge in [-0.15, -0.1) is 0 Å². The highest BCUT2D eigenvalue weighted by Crippen LogP contribution is 2.52. The van der Waals surface area contributed by atoms with E-state index < -0.39 is 0 Å². The predicted molar refractivity (Wildman–Crippen MR) is 510 cm³/mol. The largest absolute Gasteiger partial charge is 0.309 e. The third kappa shape index (κ3) is 11.5. The minimum absolute atomic E-state index is 0.165. The molecule has 10 heteroatoms. The van der Waals surface area contributed by atoms with Crippen molar-refractivity contribution in [1.82, 2.24) is 48.2 Å². The van der Waals surface area contributed by atoms with Crippen LogP contribution in [0.15, 0.2) is 400 Å². The van der Waals surface area contributed by atoms with Crippen LogP contribution in [0.3, 0.4) is 0 Å². The third-order valence-electron chi connectivity index (χ3n) is 26.0. The highest BCUT2D eigenvalue weighted by molar-refractivity contribution is 6.14. The molecule has 2 aliphatic rings. The molecule has 6 aromatic heterocycles. The van der Waals surface area contributed by atoms with E-state index in [2.05, 4.69) is 446 Å². The number of fused-ring (bicyclic) bond motifs is 18. The zero-order valence-electron chi connectivity index (χ0n) is 68.6. The fraction of sp³-hybridized carbons (Fsp3) is 0.0526. The lowest BCUT2D eigenvalue weighted by Gasteiger charge is -2.21. The number of hydrogen-bond donors (Lipinski definition) is 0. The van der Waals surface area contributed by atoms with Gasteiger partial charge < -0.3 is 9.13 Å². The van der Waals surface area contributed by atoms with Gasteiger partial charge in [-0.05, 0) is 193 Å². The van der Waals surface area contributed by atoms with Crippen molar-refractivity contribution < 1.29 is 0 Å². The van der Waals surface area contributed by atoms with Crippen LogP contribution in [0, 0.1) is 0 Å². The fourth-order valence-electron chi connectivity index (χ4n) is 19.9. The summed E-state index contributed by atoms with van der Waals surface area (Å²) in [6.45, 7) is 9.26. The SMILES string of the molecule is CC1(C)c2ccccc2-c2ccc(-c3nc(-c4ccc5c(c4)c4ccccc4n5-c4ccccc4)nc(-n4c5ccccc5c5cc(-c6ccccc6)ccc54)n3)cc21.CC1(C)c2ccccc2-c2ccc(-c3nc(-c4cccc(-c5ccc6c7ccccc7n(-c7ccccc7)c6c5)c4)nc(-n4c5ccccc5c5cc(-c6ccccc6)ccc54)n3)cc21. The number of aromatic nitrogens is 10. The molecule has 0 bridgehead atoms. The lowest BCUT2D eigenvalue weighted by molar-refractivity contribution is 0.660. The lowest BCUT2D eigenvalue weighted by Crippen LogP contribution is -2.15. The Bertz CT molecular complexity index is 8290. The van der Waals surface area contributed by atoms with Crippen molar-refractivity contribution in [2.24, 2.45) is 0 Å². The Morgan fingerprint density at radius 2 is 0.452 bits per heavy atom. The van der Waals surface area contributed by atoms with Crippen molar-refractivity contribution in [3.8, 4) is 124 Å². The van der Waals surface area contributed by atoms with Crippen molar-refractivity contribution in [2.45, 2.75) is 38.5 Å². The zero-order chi connectivity index (χ0) is 82.5. The second kappa shape index (κ2) is 28.3. The van der Waals surface area contributed by atoms with Gasteiger partial charge in [-0.25, -0.2) is 9.97 Å². The Labute approximate surface area is 716 Å². The van der Waals surface area contributed by atoms with Gasteiger partial charge in [0.15, 0.2) is 23.3 Å². The molecule has 6 heterocycles. The summed E-state index contributed by atoms with van der Waals surface area (Å²) >= 11 is 0. The molecule has 0 amide bonds. The molecule has 0 aliphatic heterocycles. The molecule has 23 aromatic rings. The van der Waals surface area contributed by atoms with Gasteiger partial charge in [0.25, 0.3) is 0 Å². The molecule has 124 heavy (non-hydrogen) atoms. The Morgan fingerprint density at radius 3 is 0.911 bits per heavy atom. The molecule has 0 radical (unpaired) electrons. The Morgan fingerprint density at radius 1 is 0.169 bits per heavy atom. The smallest absolute Gasteiger partial charge is 0.238 e. The normalized spacial score (nSPS) is 13.0. The van der Waals surface area contributed by atoms with Crippen molar-refractivity contribution in [1.29, 1.82) is 0 Å². The van der Waals surface area contributed by atoms with E-state index in [1.54, 1.807) is 0 Å². The van der Waals surface area contributed by atoms with Crippen LogP contribution in [0.1, 0.15) is 49.9 Å². The van der Waals surface area contributed by atoms with Gasteiger partial charge in [-0.3, -0.25) is 9.13 Å². The van der Waals surface area contributed by atoms with Crippen molar-refractivity contribution >= 4 is 87.2 Å². The number of rotatable bonds is 11. The van der Waals surface area contributed by atoms with E-state index in [0.29, 0.717) is 35.2 Å². The molecule has 25 rings (SSSR count). The van der Waals surface area contributed by atoms with Gasteiger partial charge in [-0.1, -0.05) is 313 Å². The summed E-state index contributed by atoms with van der Waals surface area (Å²) in [4.78, 5) is 32.2. The van der Waals surface area contributed by atoms with Crippen molar-refractivity contribution in [3.63, 3.8) is 0 Å². The molecule has 17 aromatic carbocycles. The first kappa shape index (κ1) is 72.0. The molecular weight excluding hydrogens is 1510 g/mol. The molecule has 0 saturated heterocycles. The van der Waals surface area contributed by atoms with E-state index in [9.17, 15) is 0 Å². The van der Waals surface area contributed by atoms with E-state index in [0.717, 1.165) is 110 Å². The first-order chi connectivity index (χ1) is 61.0. The van der Waals surface area contributed by atoms with Crippen LogP contribution < -0.4 is 0 Å². The molecule has 0 saturated carbocycles. The summed E-state index contributed by atoms with van der Waals surface area (Å²) in [5, 5.41) is 9.37. The lowest BCUT2D eigenvalue weighted by atomic mass is 9.82. The number of benzene rings is 17. The van der Waals surface area contributed by atoms with Crippen molar-refractivity contribution in [3.05, 3.63) is 423 Å². The molecular formula is C114H78N10. The van der Waals surface area contributed by atoms with E-state index in [1.165, 1.54) is 88.4 Å². The highest BCUT2D eigenvalue weighted by atomic mass is 15.2. The maximum atomic E-state index is 5.39. The van der Waals surface area contributed by atoms with Crippen LogP contribution in [-0.4, -0.2) is 48.2 Å². The van der Waals surface area contributed by atoms with Gasteiger partial charge in [0.1, 0.15) is 0 Å². The average Bonchev–Trinajstić information content (AvgIpc) is 1.59. The topological polar surface area (TPSA) is 97.1 Å². The van der Waals surface area contributed by atoms with E-state index in [1.807, 2.05) is 0 Å². The monoisotopic (exact) mass is 1590 g/mol. The molecule has 10 nitrogen and oxygen atoms in total. The Hall–Kier alpha value is -16.0. The number of hydrogen-bond acceptors (Lipinski definition) is 6. The van der Waals surface area contributed by atoms with Crippen LogP contribution in [0.25, 0.3) is 212 Å². The van der Waals surface area contributed by atoms with Crippen LogP contribution in [0.5, 0.6) is 0 Å². The average molecular weight is 1590 g/mol. The first-order valence-corrected chi connectivity index (χ1v) is 42.5. The van der Waals surface area contributed by atoms with E-state index in [4.69, 9.17) is 29.9 Å². The predicted octanol–water partition coefficient (Wildman–Crippen LogP) is 28.4. The quantitative estimate of drug-likeness (QED) is 0.128. The van der Waals surface area contributed by atoms with Gasteiger partial charge in [-0.2, -0.15) is 19.9 Å². The van der Waals surface area contributed by atoms with Gasteiger partial charge >= 0.3 is 0 Å². The molecule has 0 N–H and O–H groups in total. The molecule has 0 fully saturated rings. The summed E-state index contributed by atoms with van der Waals surface area (Å²) in [5.74, 6) is 3.66. The molecule has 2 aliphatic carbocycles. The van der Waals surface area contributed by atoms with Crippen LogP contribution in [0.4, 0.5) is 0 Å². The molecule has 0 atom stereocenters. The maximum Gasteiger partial charge on any atom is 0.238 e. The number of nitrogens with zero attached hydrogens (tertiary/aromatic N) is 10.